The molecule has 0 aliphatic heterocycles. The van der Waals surface area contributed by atoms with Gasteiger partial charge < -0.3 is 14.2 Å². The maximum Gasteiger partial charge on any atom is 0.145 e. The van der Waals surface area contributed by atoms with Crippen molar-refractivity contribution in [3.05, 3.63) is 276 Å². The summed E-state index contributed by atoms with van der Waals surface area (Å²) < 4.78 is 10.1. The lowest BCUT2D eigenvalue weighted by Gasteiger charge is -2.36. The quantitative estimate of drug-likeness (QED) is 0.151. The Morgan fingerprint density at radius 2 is 0.815 bits per heavy atom. The van der Waals surface area contributed by atoms with Crippen LogP contribution in [0, 0.1) is 0 Å². The van der Waals surface area contributed by atoms with Crippen LogP contribution in [0.1, 0.15) is 101 Å². The zero-order valence-electron chi connectivity index (χ0n) is 47.7. The average Bonchev–Trinajstić information content (AvgIpc) is 2.43. The second kappa shape index (κ2) is 18.7. The lowest BCUT2D eigenvalue weighted by molar-refractivity contribution is 0.590. The number of para-hydroxylation sites is 1. The summed E-state index contributed by atoms with van der Waals surface area (Å²) in [4.78, 5) is 5.03. The van der Waals surface area contributed by atoms with Crippen molar-refractivity contribution in [1.82, 2.24) is 0 Å². The molecule has 0 amide bonds. The molecular weight excluding hydrogens is 1000 g/mol. The maximum atomic E-state index is 7.61. The molecule has 0 fully saturated rings. The smallest absolute Gasteiger partial charge is 0.145 e. The number of nitrogens with zero attached hydrogens (tertiary/aromatic N) is 2. The van der Waals surface area contributed by atoms with E-state index in [1.807, 2.05) is 11.3 Å². The normalized spacial score (nSPS) is 13.3. The Morgan fingerprint density at radius 1 is 0.370 bits per heavy atom. The molecule has 1 aliphatic carbocycles. The lowest BCUT2D eigenvalue weighted by Crippen LogP contribution is -2.29. The van der Waals surface area contributed by atoms with Gasteiger partial charge in [-0.05, 0) is 144 Å². The molecule has 396 valence electrons. The average molecular weight is 1070 g/mol. The SMILES string of the molecule is CC(C)(C)c1ccc(N(c2ccc3ccccc3c2)c2cc3c(c4c2sc2ccccc24)-c2c(cc(N(c4ccc(C(C)(C)C)cc4)c4ccc(C(C)(C)C)cc4)c4c2oc2ccccc24)C3(c2ccccc2)c2ccccc2)cc1. The molecule has 0 saturated carbocycles. The van der Waals surface area contributed by atoms with Crippen LogP contribution in [0.5, 0.6) is 0 Å². The zero-order valence-corrected chi connectivity index (χ0v) is 48.5. The number of rotatable bonds is 8. The first-order valence-corrected chi connectivity index (χ1v) is 29.4. The summed E-state index contributed by atoms with van der Waals surface area (Å²) in [5.74, 6) is 0. The maximum absolute atomic E-state index is 7.61. The highest BCUT2D eigenvalue weighted by atomic mass is 32.1. The fourth-order valence-electron chi connectivity index (χ4n) is 13.0. The Bertz CT molecular complexity index is 4450. The van der Waals surface area contributed by atoms with E-state index in [4.69, 9.17) is 4.42 Å². The number of fused-ring (bicyclic) bond motifs is 12. The number of anilines is 6. The molecule has 4 heteroatoms. The molecule has 81 heavy (non-hydrogen) atoms. The number of hydrogen-bond acceptors (Lipinski definition) is 4. The molecule has 1 aliphatic rings. The molecule has 0 bridgehead atoms. The van der Waals surface area contributed by atoms with Gasteiger partial charge in [-0.2, -0.15) is 0 Å². The van der Waals surface area contributed by atoms with E-state index in [2.05, 4.69) is 309 Å². The van der Waals surface area contributed by atoms with Gasteiger partial charge in [-0.3, -0.25) is 0 Å². The van der Waals surface area contributed by atoms with Crippen molar-refractivity contribution in [2.24, 2.45) is 0 Å². The van der Waals surface area contributed by atoms with Crippen molar-refractivity contribution in [3.63, 3.8) is 0 Å². The molecule has 14 rings (SSSR count). The summed E-state index contributed by atoms with van der Waals surface area (Å²) in [6.45, 7) is 20.6. The van der Waals surface area contributed by atoms with E-state index >= 15 is 0 Å². The van der Waals surface area contributed by atoms with E-state index in [1.54, 1.807) is 0 Å². The van der Waals surface area contributed by atoms with E-state index in [0.29, 0.717) is 0 Å². The Kier molecular flexibility index (Phi) is 11.7. The summed E-state index contributed by atoms with van der Waals surface area (Å²) >= 11 is 1.89. The van der Waals surface area contributed by atoms with Crippen LogP contribution in [-0.2, 0) is 21.7 Å². The van der Waals surface area contributed by atoms with E-state index in [-0.39, 0.29) is 16.2 Å². The van der Waals surface area contributed by atoms with Crippen LogP contribution in [0.25, 0.3) is 64.0 Å². The summed E-state index contributed by atoms with van der Waals surface area (Å²) in [5.41, 5.74) is 18.4. The third-order valence-electron chi connectivity index (χ3n) is 17.2. The van der Waals surface area contributed by atoms with Crippen LogP contribution < -0.4 is 9.80 Å². The number of furan rings is 1. The Balaban J connectivity index is 1.17. The number of benzene rings is 11. The molecular formula is C77H66N2OS. The van der Waals surface area contributed by atoms with Crippen molar-refractivity contribution >= 4 is 98.3 Å². The molecule has 0 unspecified atom stereocenters. The third-order valence-corrected chi connectivity index (χ3v) is 18.4. The summed E-state index contributed by atoms with van der Waals surface area (Å²) in [5, 5.41) is 7.03. The van der Waals surface area contributed by atoms with E-state index in [9.17, 15) is 0 Å². The molecule has 0 atom stereocenters. The van der Waals surface area contributed by atoms with Crippen LogP contribution in [-0.4, -0.2) is 0 Å². The number of hydrogen-bond donors (Lipinski definition) is 0. The van der Waals surface area contributed by atoms with Gasteiger partial charge in [0.1, 0.15) is 11.2 Å². The standard InChI is InChI=1S/C77H66N2OS/c1-74(2,3)51-33-40-56(41-34-51)78(57-42-35-52(36-43-57)75(4,5)6)64-47-63-71(72-68(64)60-28-18-20-30-66(60)80-72)70-62(77(63,54-24-12-10-13-25-54)55-26-14-11-15-27-55)48-65(73-69(70)61-29-19-21-31-67(61)81-73)79(58-44-37-53(38-45-58)76(7,8)9)59-39-32-49-22-16-17-23-50(49)46-59/h10-48H,1-9H3. The van der Waals surface area contributed by atoms with Crippen LogP contribution in [0.3, 0.4) is 0 Å². The fourth-order valence-corrected chi connectivity index (χ4v) is 14.2. The van der Waals surface area contributed by atoms with Crippen LogP contribution >= 0.6 is 11.3 Å². The van der Waals surface area contributed by atoms with Gasteiger partial charge in [0.2, 0.25) is 0 Å². The van der Waals surface area contributed by atoms with Gasteiger partial charge in [0.25, 0.3) is 0 Å². The number of thiophene rings is 1. The van der Waals surface area contributed by atoms with E-state index < -0.39 is 5.41 Å². The summed E-state index contributed by atoms with van der Waals surface area (Å²) in [6.07, 6.45) is 0. The van der Waals surface area contributed by atoms with Crippen LogP contribution in [0.4, 0.5) is 34.1 Å². The molecule has 0 spiro atoms. The van der Waals surface area contributed by atoms with Crippen molar-refractivity contribution < 1.29 is 4.42 Å². The molecule has 11 aromatic carbocycles. The predicted molar refractivity (Wildman–Crippen MR) is 347 cm³/mol. The predicted octanol–water partition coefficient (Wildman–Crippen LogP) is 22.3. The van der Waals surface area contributed by atoms with Gasteiger partial charge >= 0.3 is 0 Å². The highest BCUT2D eigenvalue weighted by Gasteiger charge is 2.50. The third kappa shape index (κ3) is 8.12. The van der Waals surface area contributed by atoms with Gasteiger partial charge in [0.15, 0.2) is 0 Å². The summed E-state index contributed by atoms with van der Waals surface area (Å²) in [7, 11) is 0. The highest BCUT2D eigenvalue weighted by molar-refractivity contribution is 7.26. The van der Waals surface area contributed by atoms with Gasteiger partial charge in [-0.1, -0.05) is 226 Å². The van der Waals surface area contributed by atoms with Gasteiger partial charge in [0.05, 0.1) is 26.9 Å². The van der Waals surface area contributed by atoms with Crippen LogP contribution in [0.2, 0.25) is 0 Å². The second-order valence-electron chi connectivity index (χ2n) is 25.3. The summed E-state index contributed by atoms with van der Waals surface area (Å²) in [6, 6.07) is 89.0. The fraction of sp³-hybridized carbons (Fsp3) is 0.169. The van der Waals surface area contributed by atoms with Gasteiger partial charge in [-0.15, -0.1) is 11.3 Å². The Hall–Kier alpha value is -8.70. The van der Waals surface area contributed by atoms with E-state index in [0.717, 1.165) is 61.6 Å². The molecule has 3 nitrogen and oxygen atoms in total. The molecule has 0 saturated heterocycles. The van der Waals surface area contributed by atoms with E-state index in [1.165, 1.54) is 75.5 Å². The minimum atomic E-state index is -0.843. The molecule has 13 aromatic rings. The first kappa shape index (κ1) is 50.5. The first-order chi connectivity index (χ1) is 39.1. The molecule has 0 N–H and O–H groups in total. The molecule has 0 radical (unpaired) electrons. The minimum Gasteiger partial charge on any atom is -0.455 e. The highest BCUT2D eigenvalue weighted by Crippen LogP contribution is 2.65. The minimum absolute atomic E-state index is 0.0163. The monoisotopic (exact) mass is 1070 g/mol. The van der Waals surface area contributed by atoms with Crippen molar-refractivity contribution in [1.29, 1.82) is 0 Å². The van der Waals surface area contributed by atoms with Crippen molar-refractivity contribution in [3.8, 4) is 11.1 Å². The Labute approximate surface area is 480 Å². The lowest BCUT2D eigenvalue weighted by atomic mass is 9.67. The second-order valence-corrected chi connectivity index (χ2v) is 26.4. The molecule has 2 aromatic heterocycles. The van der Waals surface area contributed by atoms with Crippen LogP contribution in [0.15, 0.2) is 241 Å². The molecule has 2 heterocycles. The zero-order chi connectivity index (χ0) is 55.6. The topological polar surface area (TPSA) is 19.6 Å². The van der Waals surface area contributed by atoms with Gasteiger partial charge in [0, 0.05) is 49.2 Å². The first-order valence-electron chi connectivity index (χ1n) is 28.6. The van der Waals surface area contributed by atoms with Crippen molar-refractivity contribution in [2.75, 3.05) is 9.80 Å². The van der Waals surface area contributed by atoms with Gasteiger partial charge in [-0.25, -0.2) is 0 Å². The largest absolute Gasteiger partial charge is 0.455 e. The van der Waals surface area contributed by atoms with Crippen molar-refractivity contribution in [2.45, 2.75) is 84.0 Å². The Morgan fingerprint density at radius 3 is 1.37 bits per heavy atom.